The summed E-state index contributed by atoms with van der Waals surface area (Å²) in [6.07, 6.45) is 3.49. The van der Waals surface area contributed by atoms with E-state index in [1.165, 1.54) is 0 Å². The topological polar surface area (TPSA) is 42.8 Å². The molecule has 2 heterocycles. The maximum atomic E-state index is 5.60. The summed E-state index contributed by atoms with van der Waals surface area (Å²) in [5.41, 5.74) is 0. The lowest BCUT2D eigenvalue weighted by molar-refractivity contribution is 0.109. The number of H-pyrrole nitrogens is 1. The monoisotopic (exact) mass is 227 g/mol. The first-order chi connectivity index (χ1) is 7.18. The van der Waals surface area contributed by atoms with Gasteiger partial charge in [0.2, 0.25) is 0 Å². The Morgan fingerprint density at radius 3 is 3.07 bits per heavy atom. The minimum Gasteiger partial charge on any atom is -0.378 e. The molecule has 84 valence electrons. The molecule has 1 saturated heterocycles. The molecule has 1 aliphatic heterocycles. The molecule has 0 spiro atoms. The van der Waals surface area contributed by atoms with Crippen molar-refractivity contribution in [2.75, 3.05) is 6.61 Å². The smallest absolute Gasteiger partial charge is 0.195 e. The molecule has 0 bridgehead atoms. The lowest BCUT2D eigenvalue weighted by Gasteiger charge is -2.13. The summed E-state index contributed by atoms with van der Waals surface area (Å²) < 4.78 is 8.37. The van der Waals surface area contributed by atoms with E-state index < -0.39 is 0 Å². The van der Waals surface area contributed by atoms with Crippen molar-refractivity contribution < 1.29 is 4.74 Å². The first kappa shape index (κ1) is 10.8. The summed E-state index contributed by atoms with van der Waals surface area (Å²) in [5.74, 6) is 1.02. The van der Waals surface area contributed by atoms with Crippen LogP contribution in [0.3, 0.4) is 0 Å². The fourth-order valence-electron chi connectivity index (χ4n) is 2.02. The second kappa shape index (κ2) is 4.45. The van der Waals surface area contributed by atoms with Crippen molar-refractivity contribution in [1.29, 1.82) is 0 Å². The summed E-state index contributed by atoms with van der Waals surface area (Å²) in [6, 6.07) is 0.354. The molecule has 2 rings (SSSR count). The van der Waals surface area contributed by atoms with Gasteiger partial charge in [0.15, 0.2) is 4.77 Å². The van der Waals surface area contributed by atoms with Crippen molar-refractivity contribution in [3.8, 4) is 0 Å². The number of nitrogens with zero attached hydrogens (tertiary/aromatic N) is 2. The molecule has 0 aliphatic carbocycles. The molecule has 1 N–H and O–H groups in total. The first-order valence-corrected chi connectivity index (χ1v) is 5.86. The molecule has 0 amide bonds. The van der Waals surface area contributed by atoms with Crippen LogP contribution in [-0.2, 0) is 11.2 Å². The molecule has 1 unspecified atom stereocenters. The number of aromatic nitrogens is 3. The Hall–Kier alpha value is -0.680. The lowest BCUT2D eigenvalue weighted by Crippen LogP contribution is -2.15. The van der Waals surface area contributed by atoms with Crippen molar-refractivity contribution in [2.45, 2.75) is 45.3 Å². The highest BCUT2D eigenvalue weighted by Gasteiger charge is 2.19. The summed E-state index contributed by atoms with van der Waals surface area (Å²) in [6.45, 7) is 5.12. The fourth-order valence-corrected chi connectivity index (χ4v) is 2.38. The van der Waals surface area contributed by atoms with E-state index in [-0.39, 0.29) is 0 Å². The van der Waals surface area contributed by atoms with Gasteiger partial charge in [-0.05, 0) is 38.9 Å². The van der Waals surface area contributed by atoms with Gasteiger partial charge in [-0.15, -0.1) is 0 Å². The minimum atomic E-state index is 0.327. The third-order valence-electron chi connectivity index (χ3n) is 2.73. The van der Waals surface area contributed by atoms with E-state index in [4.69, 9.17) is 17.0 Å². The number of hydrogen-bond acceptors (Lipinski definition) is 3. The molecular formula is C10H17N3OS. The molecule has 4 nitrogen and oxygen atoms in total. The van der Waals surface area contributed by atoms with Gasteiger partial charge < -0.3 is 9.30 Å². The van der Waals surface area contributed by atoms with E-state index in [0.717, 1.165) is 31.7 Å². The number of ether oxygens (including phenoxy) is 1. The standard InChI is InChI=1S/C10H17N3OS/c1-7(2)13-9(11-12-10(13)15)6-8-4-3-5-14-8/h7-8H,3-6H2,1-2H3,(H,12,15). The molecule has 5 heteroatoms. The van der Waals surface area contributed by atoms with Gasteiger partial charge in [0, 0.05) is 19.1 Å². The van der Waals surface area contributed by atoms with Crippen LogP contribution in [0.15, 0.2) is 0 Å². The summed E-state index contributed by atoms with van der Waals surface area (Å²) in [4.78, 5) is 0. The molecular weight excluding hydrogens is 210 g/mol. The van der Waals surface area contributed by atoms with Crippen LogP contribution in [0.4, 0.5) is 0 Å². The zero-order valence-electron chi connectivity index (χ0n) is 9.19. The highest BCUT2D eigenvalue weighted by atomic mass is 32.1. The molecule has 1 aromatic rings. The van der Waals surface area contributed by atoms with Gasteiger partial charge >= 0.3 is 0 Å². The van der Waals surface area contributed by atoms with Crippen molar-refractivity contribution in [3.63, 3.8) is 0 Å². The first-order valence-electron chi connectivity index (χ1n) is 5.46. The molecule has 1 aliphatic rings. The Bertz CT molecular complexity index is 376. The van der Waals surface area contributed by atoms with E-state index in [1.807, 2.05) is 0 Å². The van der Waals surface area contributed by atoms with E-state index in [2.05, 4.69) is 28.6 Å². The van der Waals surface area contributed by atoms with E-state index in [0.29, 0.717) is 16.9 Å². The van der Waals surface area contributed by atoms with Crippen LogP contribution in [0.5, 0.6) is 0 Å². The third-order valence-corrected chi connectivity index (χ3v) is 3.02. The minimum absolute atomic E-state index is 0.327. The average molecular weight is 227 g/mol. The van der Waals surface area contributed by atoms with Gasteiger partial charge in [-0.3, -0.25) is 5.10 Å². The van der Waals surface area contributed by atoms with Crippen molar-refractivity contribution >= 4 is 12.2 Å². The predicted octanol–water partition coefficient (Wildman–Crippen LogP) is 2.24. The molecule has 1 fully saturated rings. The Balaban J connectivity index is 2.16. The molecule has 15 heavy (non-hydrogen) atoms. The third kappa shape index (κ3) is 2.29. The van der Waals surface area contributed by atoms with Crippen LogP contribution in [0.1, 0.15) is 38.6 Å². The predicted molar refractivity (Wildman–Crippen MR) is 60.5 cm³/mol. The second-order valence-electron chi connectivity index (χ2n) is 4.25. The molecule has 0 saturated carbocycles. The maximum absolute atomic E-state index is 5.60. The Morgan fingerprint density at radius 2 is 2.47 bits per heavy atom. The number of nitrogens with one attached hydrogen (secondary N) is 1. The number of aromatic amines is 1. The SMILES string of the molecule is CC(C)n1c(CC2CCCO2)n[nH]c1=S. The van der Waals surface area contributed by atoms with Crippen LogP contribution in [0.25, 0.3) is 0 Å². The van der Waals surface area contributed by atoms with Gasteiger partial charge in [-0.1, -0.05) is 0 Å². The van der Waals surface area contributed by atoms with Gasteiger partial charge in [-0.2, -0.15) is 5.10 Å². The van der Waals surface area contributed by atoms with Crippen LogP contribution in [0, 0.1) is 4.77 Å². The lowest BCUT2D eigenvalue weighted by atomic mass is 10.2. The molecule has 1 aromatic heterocycles. The maximum Gasteiger partial charge on any atom is 0.195 e. The Kier molecular flexibility index (Phi) is 3.21. The van der Waals surface area contributed by atoms with Gasteiger partial charge in [0.25, 0.3) is 0 Å². The number of hydrogen-bond donors (Lipinski definition) is 1. The van der Waals surface area contributed by atoms with Crippen LogP contribution < -0.4 is 0 Å². The normalized spacial score (nSPS) is 21.4. The van der Waals surface area contributed by atoms with Crippen molar-refractivity contribution in [2.24, 2.45) is 0 Å². The zero-order chi connectivity index (χ0) is 10.8. The van der Waals surface area contributed by atoms with Gasteiger partial charge in [0.05, 0.1) is 6.10 Å². The van der Waals surface area contributed by atoms with E-state index in [9.17, 15) is 0 Å². The average Bonchev–Trinajstić information content (AvgIpc) is 2.76. The van der Waals surface area contributed by atoms with E-state index in [1.54, 1.807) is 0 Å². The fraction of sp³-hybridized carbons (Fsp3) is 0.800. The summed E-state index contributed by atoms with van der Waals surface area (Å²) in [5, 5.41) is 7.12. The highest BCUT2D eigenvalue weighted by molar-refractivity contribution is 7.71. The highest BCUT2D eigenvalue weighted by Crippen LogP contribution is 2.18. The Labute approximate surface area is 94.6 Å². The Morgan fingerprint density at radius 1 is 1.67 bits per heavy atom. The quantitative estimate of drug-likeness (QED) is 0.805. The van der Waals surface area contributed by atoms with Crippen LogP contribution >= 0.6 is 12.2 Å². The number of rotatable bonds is 3. The second-order valence-corrected chi connectivity index (χ2v) is 4.63. The van der Waals surface area contributed by atoms with Gasteiger partial charge in [-0.25, -0.2) is 0 Å². The summed E-state index contributed by atoms with van der Waals surface area (Å²) >= 11 is 5.19. The van der Waals surface area contributed by atoms with E-state index >= 15 is 0 Å². The van der Waals surface area contributed by atoms with Crippen molar-refractivity contribution in [3.05, 3.63) is 10.6 Å². The largest absolute Gasteiger partial charge is 0.378 e. The van der Waals surface area contributed by atoms with Gasteiger partial charge in [0.1, 0.15) is 5.82 Å². The molecule has 0 radical (unpaired) electrons. The van der Waals surface area contributed by atoms with Crippen molar-refractivity contribution in [1.82, 2.24) is 14.8 Å². The van der Waals surface area contributed by atoms with Crippen LogP contribution in [-0.4, -0.2) is 27.5 Å². The van der Waals surface area contributed by atoms with Crippen LogP contribution in [0.2, 0.25) is 0 Å². The molecule has 1 atom stereocenters. The summed E-state index contributed by atoms with van der Waals surface area (Å²) in [7, 11) is 0. The zero-order valence-corrected chi connectivity index (χ0v) is 10.0. The molecule has 0 aromatic carbocycles.